The SMILES string of the molecule is CCC(NCCc1ccco1)c1ccccc1O. The maximum Gasteiger partial charge on any atom is 0.120 e. The molecule has 1 atom stereocenters. The van der Waals surface area contributed by atoms with E-state index in [1.54, 1.807) is 12.3 Å². The van der Waals surface area contributed by atoms with Crippen molar-refractivity contribution >= 4 is 0 Å². The van der Waals surface area contributed by atoms with Crippen LogP contribution < -0.4 is 5.32 Å². The molecule has 0 bridgehead atoms. The third kappa shape index (κ3) is 3.14. The maximum absolute atomic E-state index is 9.84. The fourth-order valence-corrected chi connectivity index (χ4v) is 2.08. The second-order valence-electron chi connectivity index (χ2n) is 4.30. The number of furan rings is 1. The highest BCUT2D eigenvalue weighted by Crippen LogP contribution is 2.25. The van der Waals surface area contributed by atoms with E-state index in [1.165, 1.54) is 0 Å². The molecule has 0 fully saturated rings. The van der Waals surface area contributed by atoms with Crippen LogP contribution in [0.15, 0.2) is 47.1 Å². The van der Waals surface area contributed by atoms with Crippen LogP contribution in [0.25, 0.3) is 0 Å². The first-order valence-electron chi connectivity index (χ1n) is 6.35. The molecule has 0 saturated carbocycles. The van der Waals surface area contributed by atoms with Crippen LogP contribution in [0.5, 0.6) is 5.75 Å². The number of benzene rings is 1. The maximum atomic E-state index is 9.84. The van der Waals surface area contributed by atoms with Crippen molar-refractivity contribution in [3.63, 3.8) is 0 Å². The molecule has 2 aromatic rings. The standard InChI is InChI=1S/C15H19NO2/c1-2-14(13-7-3-4-8-15(13)17)16-10-9-12-6-5-11-18-12/h3-8,11,14,16-17H,2,9-10H2,1H3. The summed E-state index contributed by atoms with van der Waals surface area (Å²) in [6.07, 6.45) is 3.49. The van der Waals surface area contributed by atoms with Crippen LogP contribution in [-0.4, -0.2) is 11.7 Å². The summed E-state index contributed by atoms with van der Waals surface area (Å²) in [5.74, 6) is 1.34. The van der Waals surface area contributed by atoms with Gasteiger partial charge in [0.25, 0.3) is 0 Å². The second kappa shape index (κ2) is 6.26. The summed E-state index contributed by atoms with van der Waals surface area (Å²) < 4.78 is 5.29. The van der Waals surface area contributed by atoms with Crippen molar-refractivity contribution in [1.82, 2.24) is 5.32 Å². The summed E-state index contributed by atoms with van der Waals surface area (Å²) in [5.41, 5.74) is 0.958. The van der Waals surface area contributed by atoms with Crippen molar-refractivity contribution in [1.29, 1.82) is 0 Å². The molecule has 0 aliphatic rings. The number of hydrogen-bond acceptors (Lipinski definition) is 3. The number of nitrogens with one attached hydrogen (secondary N) is 1. The van der Waals surface area contributed by atoms with Gasteiger partial charge in [0.05, 0.1) is 6.26 Å². The molecular weight excluding hydrogens is 226 g/mol. The third-order valence-corrected chi connectivity index (χ3v) is 3.06. The Morgan fingerprint density at radius 2 is 2.06 bits per heavy atom. The molecule has 96 valence electrons. The monoisotopic (exact) mass is 245 g/mol. The van der Waals surface area contributed by atoms with E-state index in [2.05, 4.69) is 12.2 Å². The van der Waals surface area contributed by atoms with Crippen molar-refractivity contribution in [3.05, 3.63) is 54.0 Å². The van der Waals surface area contributed by atoms with Crippen molar-refractivity contribution in [2.24, 2.45) is 0 Å². The lowest BCUT2D eigenvalue weighted by Gasteiger charge is -2.18. The van der Waals surface area contributed by atoms with Gasteiger partial charge in [-0.25, -0.2) is 0 Å². The van der Waals surface area contributed by atoms with Gasteiger partial charge in [0.1, 0.15) is 11.5 Å². The van der Waals surface area contributed by atoms with Crippen molar-refractivity contribution in [2.45, 2.75) is 25.8 Å². The van der Waals surface area contributed by atoms with Crippen LogP contribution in [0, 0.1) is 0 Å². The quantitative estimate of drug-likeness (QED) is 0.821. The number of rotatable bonds is 6. The highest BCUT2D eigenvalue weighted by Gasteiger charge is 2.12. The number of phenolic OH excluding ortho intramolecular Hbond substituents is 1. The van der Waals surface area contributed by atoms with E-state index in [0.29, 0.717) is 5.75 Å². The number of hydrogen-bond donors (Lipinski definition) is 2. The Hall–Kier alpha value is -1.74. The van der Waals surface area contributed by atoms with Crippen LogP contribution in [0.1, 0.15) is 30.7 Å². The average molecular weight is 245 g/mol. The van der Waals surface area contributed by atoms with Crippen molar-refractivity contribution in [3.8, 4) is 5.75 Å². The highest BCUT2D eigenvalue weighted by atomic mass is 16.3. The molecule has 0 aliphatic heterocycles. The summed E-state index contributed by atoms with van der Waals surface area (Å²) in [6.45, 7) is 2.94. The van der Waals surface area contributed by atoms with Crippen molar-refractivity contribution in [2.75, 3.05) is 6.54 Å². The first kappa shape index (κ1) is 12.7. The smallest absolute Gasteiger partial charge is 0.120 e. The Bertz CT molecular complexity index is 465. The molecule has 3 heteroatoms. The van der Waals surface area contributed by atoms with E-state index in [1.807, 2.05) is 30.3 Å². The fraction of sp³-hybridized carbons (Fsp3) is 0.333. The molecule has 1 unspecified atom stereocenters. The Balaban J connectivity index is 1.91. The molecule has 0 spiro atoms. The van der Waals surface area contributed by atoms with E-state index in [4.69, 9.17) is 4.42 Å². The van der Waals surface area contributed by atoms with Gasteiger partial charge < -0.3 is 14.8 Å². The minimum Gasteiger partial charge on any atom is -0.508 e. The third-order valence-electron chi connectivity index (χ3n) is 3.06. The summed E-state index contributed by atoms with van der Waals surface area (Å²) >= 11 is 0. The van der Waals surface area contributed by atoms with Crippen LogP contribution in [0.4, 0.5) is 0 Å². The molecule has 2 N–H and O–H groups in total. The van der Waals surface area contributed by atoms with Crippen LogP contribution >= 0.6 is 0 Å². The Labute approximate surface area is 107 Å². The highest BCUT2D eigenvalue weighted by molar-refractivity contribution is 5.34. The molecule has 0 amide bonds. The van der Waals surface area contributed by atoms with Gasteiger partial charge in [-0.15, -0.1) is 0 Å². The molecule has 2 rings (SSSR count). The van der Waals surface area contributed by atoms with E-state index in [9.17, 15) is 5.11 Å². The van der Waals surface area contributed by atoms with Crippen LogP contribution in [-0.2, 0) is 6.42 Å². The minimum atomic E-state index is 0.182. The molecule has 18 heavy (non-hydrogen) atoms. The summed E-state index contributed by atoms with van der Waals surface area (Å²) in [7, 11) is 0. The Morgan fingerprint density at radius 1 is 1.22 bits per heavy atom. The molecular formula is C15H19NO2. The summed E-state index contributed by atoms with van der Waals surface area (Å²) in [6, 6.07) is 11.5. The fourth-order valence-electron chi connectivity index (χ4n) is 2.08. The van der Waals surface area contributed by atoms with Crippen LogP contribution in [0.3, 0.4) is 0 Å². The molecule has 0 saturated heterocycles. The topological polar surface area (TPSA) is 45.4 Å². The van der Waals surface area contributed by atoms with Gasteiger partial charge in [-0.2, -0.15) is 0 Å². The lowest BCUT2D eigenvalue weighted by Crippen LogP contribution is -2.23. The average Bonchev–Trinajstić information content (AvgIpc) is 2.89. The number of para-hydroxylation sites is 1. The van der Waals surface area contributed by atoms with E-state index < -0.39 is 0 Å². The molecule has 0 radical (unpaired) electrons. The predicted octanol–water partition coefficient (Wildman–Crippen LogP) is 3.27. The first-order chi connectivity index (χ1) is 8.81. The first-order valence-corrected chi connectivity index (χ1v) is 6.35. The zero-order chi connectivity index (χ0) is 12.8. The Morgan fingerprint density at radius 3 is 2.72 bits per heavy atom. The van der Waals surface area contributed by atoms with Gasteiger partial charge in [-0.05, 0) is 24.6 Å². The summed E-state index contributed by atoms with van der Waals surface area (Å²) in [4.78, 5) is 0. The molecule has 1 aromatic heterocycles. The van der Waals surface area contributed by atoms with Gasteiger partial charge in [0.2, 0.25) is 0 Å². The van der Waals surface area contributed by atoms with Gasteiger partial charge in [-0.1, -0.05) is 25.1 Å². The number of aromatic hydroxyl groups is 1. The largest absolute Gasteiger partial charge is 0.508 e. The lowest BCUT2D eigenvalue weighted by molar-refractivity contribution is 0.435. The van der Waals surface area contributed by atoms with Gasteiger partial charge in [0, 0.05) is 24.6 Å². The minimum absolute atomic E-state index is 0.182. The van der Waals surface area contributed by atoms with E-state index in [0.717, 1.165) is 30.7 Å². The zero-order valence-corrected chi connectivity index (χ0v) is 10.6. The number of phenols is 1. The van der Waals surface area contributed by atoms with Gasteiger partial charge in [0.15, 0.2) is 0 Å². The van der Waals surface area contributed by atoms with E-state index >= 15 is 0 Å². The van der Waals surface area contributed by atoms with Gasteiger partial charge in [-0.3, -0.25) is 0 Å². The predicted molar refractivity (Wildman–Crippen MR) is 71.6 cm³/mol. The Kier molecular flexibility index (Phi) is 4.42. The molecule has 3 nitrogen and oxygen atoms in total. The van der Waals surface area contributed by atoms with Crippen LogP contribution in [0.2, 0.25) is 0 Å². The summed E-state index contributed by atoms with van der Waals surface area (Å²) in [5, 5.41) is 13.3. The zero-order valence-electron chi connectivity index (χ0n) is 10.6. The van der Waals surface area contributed by atoms with Crippen molar-refractivity contribution < 1.29 is 9.52 Å². The normalized spacial score (nSPS) is 12.5. The molecule has 1 aromatic carbocycles. The lowest BCUT2D eigenvalue weighted by atomic mass is 10.0. The second-order valence-corrected chi connectivity index (χ2v) is 4.30. The van der Waals surface area contributed by atoms with E-state index in [-0.39, 0.29) is 6.04 Å². The molecule has 0 aliphatic carbocycles. The van der Waals surface area contributed by atoms with Gasteiger partial charge >= 0.3 is 0 Å². The molecule has 1 heterocycles.